The van der Waals surface area contributed by atoms with Crippen LogP contribution in [-0.2, 0) is 14.3 Å². The summed E-state index contributed by atoms with van der Waals surface area (Å²) in [5, 5.41) is 0. The molecule has 0 radical (unpaired) electrons. The summed E-state index contributed by atoms with van der Waals surface area (Å²) in [4.78, 5) is 13.0. The van der Waals surface area contributed by atoms with Crippen molar-refractivity contribution in [1.82, 2.24) is 0 Å². The van der Waals surface area contributed by atoms with E-state index in [0.29, 0.717) is 24.9 Å². The van der Waals surface area contributed by atoms with Crippen molar-refractivity contribution in [2.75, 3.05) is 13.2 Å². The van der Waals surface area contributed by atoms with Gasteiger partial charge in [-0.25, -0.2) is 0 Å². The van der Waals surface area contributed by atoms with Crippen LogP contribution in [0.15, 0.2) is 11.1 Å². The Balaban J connectivity index is 2.05. The monoisotopic (exact) mass is 278 g/mol. The van der Waals surface area contributed by atoms with E-state index < -0.39 is 5.79 Å². The summed E-state index contributed by atoms with van der Waals surface area (Å²) in [5.74, 6) is 0.393. The van der Waals surface area contributed by atoms with Gasteiger partial charge in [0.25, 0.3) is 0 Å². The van der Waals surface area contributed by atoms with Gasteiger partial charge in [-0.3, -0.25) is 4.79 Å². The maximum absolute atomic E-state index is 13.0. The molecule has 2 atom stereocenters. The van der Waals surface area contributed by atoms with Crippen LogP contribution in [0.25, 0.3) is 0 Å². The second-order valence-corrected chi connectivity index (χ2v) is 7.19. The largest absolute Gasteiger partial charge is 0.347 e. The molecule has 0 amide bonds. The standard InChI is InChI=1S/C17H26O3/c1-11(2)13-6-7-16(4)14(15(13)18)12(3)5-8-17(16)19-9-10-20-17/h11,13H,5-10H2,1-4H3/t13-,16-/m1/s1. The number of hydrogen-bond acceptors (Lipinski definition) is 3. The second-order valence-electron chi connectivity index (χ2n) is 7.19. The molecule has 0 aromatic carbocycles. The van der Waals surface area contributed by atoms with Crippen LogP contribution in [0.3, 0.4) is 0 Å². The lowest BCUT2D eigenvalue weighted by molar-refractivity contribution is -0.235. The van der Waals surface area contributed by atoms with Crippen molar-refractivity contribution in [3.63, 3.8) is 0 Å². The number of Topliss-reactive ketones (excluding diaryl/α,β-unsaturated/α-hetero) is 1. The van der Waals surface area contributed by atoms with Crippen LogP contribution in [0.2, 0.25) is 0 Å². The quantitative estimate of drug-likeness (QED) is 0.736. The molecule has 2 aliphatic carbocycles. The lowest BCUT2D eigenvalue weighted by atomic mass is 9.57. The first-order valence-corrected chi connectivity index (χ1v) is 7.94. The molecule has 1 saturated heterocycles. The first-order chi connectivity index (χ1) is 9.41. The minimum Gasteiger partial charge on any atom is -0.347 e. The Hall–Kier alpha value is -0.670. The van der Waals surface area contributed by atoms with Gasteiger partial charge in [0.2, 0.25) is 0 Å². The van der Waals surface area contributed by atoms with Crippen LogP contribution >= 0.6 is 0 Å². The number of fused-ring (bicyclic) bond motifs is 2. The predicted molar refractivity (Wildman–Crippen MR) is 77.2 cm³/mol. The summed E-state index contributed by atoms with van der Waals surface area (Å²) >= 11 is 0. The van der Waals surface area contributed by atoms with Crippen LogP contribution in [0.5, 0.6) is 0 Å². The Morgan fingerprint density at radius 3 is 2.45 bits per heavy atom. The Morgan fingerprint density at radius 2 is 1.85 bits per heavy atom. The van der Waals surface area contributed by atoms with E-state index >= 15 is 0 Å². The highest BCUT2D eigenvalue weighted by Gasteiger charge is 2.60. The van der Waals surface area contributed by atoms with Crippen LogP contribution < -0.4 is 0 Å². The lowest BCUT2D eigenvalue weighted by Gasteiger charge is -2.52. The second kappa shape index (κ2) is 4.67. The number of allylic oxidation sites excluding steroid dienone is 1. The van der Waals surface area contributed by atoms with Crippen molar-refractivity contribution in [1.29, 1.82) is 0 Å². The Kier molecular flexibility index (Phi) is 3.33. The molecule has 20 heavy (non-hydrogen) atoms. The van der Waals surface area contributed by atoms with Gasteiger partial charge in [0, 0.05) is 23.3 Å². The van der Waals surface area contributed by atoms with Gasteiger partial charge < -0.3 is 9.47 Å². The van der Waals surface area contributed by atoms with Gasteiger partial charge in [0.15, 0.2) is 11.6 Å². The third-order valence-corrected chi connectivity index (χ3v) is 5.75. The third-order valence-electron chi connectivity index (χ3n) is 5.75. The van der Waals surface area contributed by atoms with Crippen LogP contribution in [-0.4, -0.2) is 24.8 Å². The van der Waals surface area contributed by atoms with Crippen molar-refractivity contribution in [3.05, 3.63) is 11.1 Å². The molecular formula is C17H26O3. The van der Waals surface area contributed by atoms with E-state index in [1.807, 2.05) is 0 Å². The zero-order valence-electron chi connectivity index (χ0n) is 13.1. The molecular weight excluding hydrogens is 252 g/mol. The lowest BCUT2D eigenvalue weighted by Crippen LogP contribution is -2.55. The minimum atomic E-state index is -0.542. The normalized spacial score (nSPS) is 36.9. The first-order valence-electron chi connectivity index (χ1n) is 7.94. The number of ketones is 1. The van der Waals surface area contributed by atoms with Crippen molar-refractivity contribution >= 4 is 5.78 Å². The Bertz CT molecular complexity index is 457. The van der Waals surface area contributed by atoms with E-state index in [-0.39, 0.29) is 11.3 Å². The van der Waals surface area contributed by atoms with Crippen LogP contribution in [0.1, 0.15) is 53.4 Å². The number of carbonyl (C=O) groups is 1. The smallest absolute Gasteiger partial charge is 0.178 e. The van der Waals surface area contributed by atoms with Gasteiger partial charge in [-0.1, -0.05) is 26.3 Å². The first kappa shape index (κ1) is 14.3. The summed E-state index contributed by atoms with van der Waals surface area (Å²) in [6.45, 7) is 9.93. The molecule has 0 aromatic rings. The van der Waals surface area contributed by atoms with E-state index in [2.05, 4.69) is 27.7 Å². The fourth-order valence-corrected chi connectivity index (χ4v) is 4.53. The number of rotatable bonds is 1. The van der Waals surface area contributed by atoms with Gasteiger partial charge in [-0.05, 0) is 32.1 Å². The van der Waals surface area contributed by atoms with E-state index in [0.717, 1.165) is 31.3 Å². The summed E-state index contributed by atoms with van der Waals surface area (Å²) in [6.07, 6.45) is 3.76. The zero-order chi connectivity index (χ0) is 14.5. The van der Waals surface area contributed by atoms with Gasteiger partial charge in [-0.15, -0.1) is 0 Å². The van der Waals surface area contributed by atoms with E-state index in [4.69, 9.17) is 9.47 Å². The van der Waals surface area contributed by atoms with Gasteiger partial charge in [-0.2, -0.15) is 0 Å². The Labute approximate surface area is 121 Å². The van der Waals surface area contributed by atoms with Gasteiger partial charge in [0.1, 0.15) is 0 Å². The van der Waals surface area contributed by atoms with Crippen molar-refractivity contribution in [2.24, 2.45) is 17.3 Å². The molecule has 3 aliphatic rings. The molecule has 1 aliphatic heterocycles. The molecule has 1 saturated carbocycles. The fourth-order valence-electron chi connectivity index (χ4n) is 4.53. The van der Waals surface area contributed by atoms with Crippen molar-refractivity contribution in [3.8, 4) is 0 Å². The molecule has 3 nitrogen and oxygen atoms in total. The molecule has 0 bridgehead atoms. The van der Waals surface area contributed by atoms with E-state index in [9.17, 15) is 4.79 Å². The molecule has 3 rings (SSSR count). The summed E-state index contributed by atoms with van der Waals surface area (Å²) in [7, 11) is 0. The average molecular weight is 278 g/mol. The van der Waals surface area contributed by atoms with Crippen LogP contribution in [0, 0.1) is 17.3 Å². The van der Waals surface area contributed by atoms with Gasteiger partial charge in [0.05, 0.1) is 13.2 Å². The maximum atomic E-state index is 13.0. The molecule has 0 aromatic heterocycles. The van der Waals surface area contributed by atoms with Gasteiger partial charge >= 0.3 is 0 Å². The Morgan fingerprint density at radius 1 is 1.20 bits per heavy atom. The highest BCUT2D eigenvalue weighted by atomic mass is 16.7. The highest BCUT2D eigenvalue weighted by molar-refractivity contribution is 6.00. The SMILES string of the molecule is CC1=C2C(=O)[C@@H](C(C)C)CC[C@@]2(C)C2(CC1)OCCO2. The molecule has 3 heteroatoms. The van der Waals surface area contributed by atoms with E-state index in [1.165, 1.54) is 5.57 Å². The molecule has 0 unspecified atom stereocenters. The summed E-state index contributed by atoms with van der Waals surface area (Å²) in [6, 6.07) is 0. The minimum absolute atomic E-state index is 0.171. The highest BCUT2D eigenvalue weighted by Crippen LogP contribution is 2.58. The van der Waals surface area contributed by atoms with Crippen molar-refractivity contribution < 1.29 is 14.3 Å². The zero-order valence-corrected chi connectivity index (χ0v) is 13.1. The topological polar surface area (TPSA) is 35.5 Å². The molecule has 112 valence electrons. The fraction of sp³-hybridized carbons (Fsp3) is 0.824. The van der Waals surface area contributed by atoms with Crippen molar-refractivity contribution in [2.45, 2.75) is 59.2 Å². The molecule has 2 fully saturated rings. The van der Waals surface area contributed by atoms with E-state index in [1.54, 1.807) is 0 Å². The predicted octanol–water partition coefficient (Wildman–Crippen LogP) is 3.48. The number of carbonyl (C=O) groups excluding carboxylic acids is 1. The summed E-state index contributed by atoms with van der Waals surface area (Å²) in [5.41, 5.74) is 2.03. The number of ether oxygens (including phenoxy) is 2. The number of hydrogen-bond donors (Lipinski definition) is 0. The molecule has 0 N–H and O–H groups in total. The van der Waals surface area contributed by atoms with Crippen LogP contribution in [0.4, 0.5) is 0 Å². The third kappa shape index (κ3) is 1.75. The molecule has 1 spiro atoms. The summed E-state index contributed by atoms with van der Waals surface area (Å²) < 4.78 is 12.1. The average Bonchev–Trinajstić information content (AvgIpc) is 2.84. The maximum Gasteiger partial charge on any atom is 0.178 e. The molecule has 1 heterocycles.